The van der Waals surface area contributed by atoms with Gasteiger partial charge in [-0.1, -0.05) is 35.9 Å². The van der Waals surface area contributed by atoms with Crippen LogP contribution in [-0.2, 0) is 16.8 Å². The molecule has 0 aliphatic heterocycles. The summed E-state index contributed by atoms with van der Waals surface area (Å²) in [6.07, 6.45) is -3.35. The average molecular weight is 506 g/mol. The third-order valence-electron chi connectivity index (χ3n) is 5.48. The highest BCUT2D eigenvalue weighted by atomic mass is 35.5. The first-order valence-corrected chi connectivity index (χ1v) is 10.9. The summed E-state index contributed by atoms with van der Waals surface area (Å²) >= 11 is 5.98. The molecule has 0 aliphatic rings. The van der Waals surface area contributed by atoms with E-state index in [0.29, 0.717) is 35.0 Å². The Bertz CT molecular complexity index is 1250. The van der Waals surface area contributed by atoms with Gasteiger partial charge in [-0.2, -0.15) is 13.2 Å². The molecule has 1 heterocycles. The van der Waals surface area contributed by atoms with Crippen LogP contribution in [0.3, 0.4) is 0 Å². The van der Waals surface area contributed by atoms with Gasteiger partial charge >= 0.3 is 6.18 Å². The molecule has 3 rings (SSSR count). The van der Waals surface area contributed by atoms with Gasteiger partial charge in [-0.3, -0.25) is 9.59 Å². The van der Waals surface area contributed by atoms with Gasteiger partial charge in [0, 0.05) is 23.1 Å². The summed E-state index contributed by atoms with van der Waals surface area (Å²) in [5.41, 5.74) is -1.14. The van der Waals surface area contributed by atoms with Crippen LogP contribution in [0.4, 0.5) is 24.5 Å². The highest BCUT2D eigenvalue weighted by Gasteiger charge is 2.51. The minimum atomic E-state index is -4.86. The van der Waals surface area contributed by atoms with Gasteiger partial charge in [-0.05, 0) is 67.3 Å². The lowest BCUT2D eigenvalue weighted by Gasteiger charge is -2.28. The molecule has 0 fully saturated rings. The summed E-state index contributed by atoms with van der Waals surface area (Å²) < 4.78 is 39.7. The summed E-state index contributed by atoms with van der Waals surface area (Å²) in [5.74, 6) is -0.866. The van der Waals surface area contributed by atoms with Crippen LogP contribution in [0, 0.1) is 13.8 Å². The Morgan fingerprint density at radius 2 is 1.69 bits per heavy atom. The average Bonchev–Trinajstić information content (AvgIpc) is 2.77. The van der Waals surface area contributed by atoms with E-state index < -0.39 is 17.7 Å². The third-order valence-corrected chi connectivity index (χ3v) is 5.82. The molecule has 3 aromatic rings. The maximum atomic E-state index is 13.2. The van der Waals surface area contributed by atoms with Gasteiger partial charge in [0.05, 0.1) is 6.42 Å². The quantitative estimate of drug-likeness (QED) is 0.383. The van der Waals surface area contributed by atoms with Crippen LogP contribution in [0.25, 0.3) is 0 Å². The molecule has 3 N–H and O–H groups in total. The molecule has 1 unspecified atom stereocenters. The van der Waals surface area contributed by atoms with E-state index in [4.69, 9.17) is 11.6 Å². The van der Waals surface area contributed by atoms with Gasteiger partial charge in [-0.15, -0.1) is 0 Å². The Morgan fingerprint density at radius 1 is 1.03 bits per heavy atom. The molecule has 184 valence electrons. The first-order chi connectivity index (χ1) is 16.3. The van der Waals surface area contributed by atoms with Crippen molar-refractivity contribution in [3.63, 3.8) is 0 Å². The van der Waals surface area contributed by atoms with E-state index in [1.807, 2.05) is 0 Å². The highest BCUT2D eigenvalue weighted by molar-refractivity contribution is 6.30. The summed E-state index contributed by atoms with van der Waals surface area (Å²) in [6.45, 7) is 3.76. The molecule has 0 radical (unpaired) electrons. The number of alkyl halides is 3. The minimum Gasteiger partial charge on any atom is -0.376 e. The standard InChI is InChI=1S/C25H23ClF3N3O3/c1-14-10-18(24(3,35)25(27,28)29)11-15(2)21(14)32-23(34)17-6-4-8-19(12-17)31-20(33)13-16-7-5-9-30-22(16)26/h4-12,35H,13H2,1-3H3,(H,31,33)(H,32,34). The Kier molecular flexibility index (Phi) is 7.52. The predicted octanol–water partition coefficient (Wildman–Crippen LogP) is 5.56. The summed E-state index contributed by atoms with van der Waals surface area (Å²) in [4.78, 5) is 29.2. The summed E-state index contributed by atoms with van der Waals surface area (Å²) in [6, 6.07) is 12.0. The number of carbonyl (C=O) groups is 2. The van der Waals surface area contributed by atoms with Gasteiger partial charge < -0.3 is 15.7 Å². The van der Waals surface area contributed by atoms with E-state index in [1.165, 1.54) is 30.5 Å². The first kappa shape index (κ1) is 26.2. The van der Waals surface area contributed by atoms with Gasteiger partial charge in [0.15, 0.2) is 5.60 Å². The van der Waals surface area contributed by atoms with Gasteiger partial charge in [0.2, 0.25) is 5.91 Å². The number of hydrogen-bond donors (Lipinski definition) is 3. The molecule has 1 aromatic heterocycles. The van der Waals surface area contributed by atoms with Crippen molar-refractivity contribution in [2.24, 2.45) is 0 Å². The van der Waals surface area contributed by atoms with Crippen LogP contribution in [0.15, 0.2) is 54.7 Å². The number of amides is 2. The van der Waals surface area contributed by atoms with Crippen LogP contribution < -0.4 is 10.6 Å². The molecular weight excluding hydrogens is 483 g/mol. The van der Waals surface area contributed by atoms with Crippen LogP contribution >= 0.6 is 11.6 Å². The van der Waals surface area contributed by atoms with Gasteiger partial charge in [0.25, 0.3) is 5.91 Å². The lowest BCUT2D eigenvalue weighted by Crippen LogP contribution is -2.39. The molecule has 0 aliphatic carbocycles. The van der Waals surface area contributed by atoms with Crippen LogP contribution in [0.2, 0.25) is 5.15 Å². The minimum absolute atomic E-state index is 0.00443. The molecule has 1 atom stereocenters. The molecule has 35 heavy (non-hydrogen) atoms. The SMILES string of the molecule is Cc1cc(C(C)(O)C(F)(F)F)cc(C)c1NC(=O)c1cccc(NC(=O)Cc2cccnc2Cl)c1. The molecular formula is C25H23ClF3N3O3. The Balaban J connectivity index is 1.76. The van der Waals surface area contributed by atoms with E-state index in [-0.39, 0.29) is 28.6 Å². The Morgan fingerprint density at radius 3 is 2.29 bits per heavy atom. The largest absolute Gasteiger partial charge is 0.421 e. The fraction of sp³-hybridized carbons (Fsp3) is 0.240. The van der Waals surface area contributed by atoms with Gasteiger partial charge in [0.1, 0.15) is 5.15 Å². The zero-order chi connectivity index (χ0) is 26.0. The van der Waals surface area contributed by atoms with E-state index in [2.05, 4.69) is 15.6 Å². The highest BCUT2D eigenvalue weighted by Crippen LogP contribution is 2.40. The van der Waals surface area contributed by atoms with Crippen molar-refractivity contribution >= 4 is 34.8 Å². The second-order valence-corrected chi connectivity index (χ2v) is 8.63. The third kappa shape index (κ3) is 5.98. The smallest absolute Gasteiger partial charge is 0.376 e. The molecule has 0 bridgehead atoms. The van der Waals surface area contributed by atoms with Crippen molar-refractivity contribution in [2.45, 2.75) is 39.0 Å². The van der Waals surface area contributed by atoms with E-state index in [0.717, 1.165) is 0 Å². The number of anilines is 2. The maximum absolute atomic E-state index is 13.2. The van der Waals surface area contributed by atoms with Crippen molar-refractivity contribution < 1.29 is 27.9 Å². The number of carbonyl (C=O) groups excluding carboxylic acids is 2. The number of hydrogen-bond acceptors (Lipinski definition) is 4. The molecule has 0 spiro atoms. The number of aryl methyl sites for hydroxylation is 2. The number of nitrogens with zero attached hydrogens (tertiary/aromatic N) is 1. The number of aromatic nitrogens is 1. The van der Waals surface area contributed by atoms with E-state index in [9.17, 15) is 27.9 Å². The fourth-order valence-electron chi connectivity index (χ4n) is 3.46. The van der Waals surface area contributed by atoms with Crippen LogP contribution in [0.5, 0.6) is 0 Å². The number of nitrogens with one attached hydrogen (secondary N) is 2. The summed E-state index contributed by atoms with van der Waals surface area (Å²) in [7, 11) is 0. The topological polar surface area (TPSA) is 91.3 Å². The second kappa shape index (κ2) is 10.1. The molecule has 2 amide bonds. The van der Waals surface area contributed by atoms with Crippen molar-refractivity contribution in [3.8, 4) is 0 Å². The molecule has 2 aromatic carbocycles. The van der Waals surface area contributed by atoms with Crippen molar-refractivity contribution in [1.82, 2.24) is 4.98 Å². The molecule has 10 heteroatoms. The Labute approximate surface area is 205 Å². The lowest BCUT2D eigenvalue weighted by molar-refractivity contribution is -0.258. The maximum Gasteiger partial charge on any atom is 0.421 e. The second-order valence-electron chi connectivity index (χ2n) is 8.27. The molecule has 0 saturated carbocycles. The number of rotatable bonds is 6. The van der Waals surface area contributed by atoms with E-state index >= 15 is 0 Å². The fourth-order valence-corrected chi connectivity index (χ4v) is 3.64. The molecule has 0 saturated heterocycles. The number of halogens is 4. The van der Waals surface area contributed by atoms with Crippen molar-refractivity contribution in [1.29, 1.82) is 0 Å². The zero-order valence-corrected chi connectivity index (χ0v) is 19.9. The monoisotopic (exact) mass is 505 g/mol. The lowest BCUT2D eigenvalue weighted by atomic mass is 9.91. The van der Waals surface area contributed by atoms with E-state index in [1.54, 1.807) is 38.1 Å². The zero-order valence-electron chi connectivity index (χ0n) is 19.1. The first-order valence-electron chi connectivity index (χ1n) is 10.5. The Hall–Kier alpha value is -3.43. The predicted molar refractivity (Wildman–Crippen MR) is 128 cm³/mol. The summed E-state index contributed by atoms with van der Waals surface area (Å²) in [5, 5.41) is 15.6. The van der Waals surface area contributed by atoms with Crippen LogP contribution in [-0.4, -0.2) is 28.1 Å². The van der Waals surface area contributed by atoms with Crippen LogP contribution in [0.1, 0.15) is 39.5 Å². The van der Waals surface area contributed by atoms with Crippen molar-refractivity contribution in [3.05, 3.63) is 87.7 Å². The normalized spacial score (nSPS) is 13.1. The molecule has 6 nitrogen and oxygen atoms in total. The van der Waals surface area contributed by atoms with Gasteiger partial charge in [-0.25, -0.2) is 4.98 Å². The number of aliphatic hydroxyl groups is 1. The van der Waals surface area contributed by atoms with Crippen molar-refractivity contribution in [2.75, 3.05) is 10.6 Å². The number of pyridine rings is 1. The number of benzene rings is 2.